The maximum Gasteiger partial charge on any atom is 0.335 e. The van der Waals surface area contributed by atoms with Crippen LogP contribution < -0.4 is 26.7 Å². The number of fused-ring (bicyclic) bond motifs is 1. The van der Waals surface area contributed by atoms with Crippen molar-refractivity contribution in [2.75, 3.05) is 188 Å². The summed E-state index contributed by atoms with van der Waals surface area (Å²) in [5.41, 5.74) is 8.27. The molecule has 0 unspecified atom stereocenters. The van der Waals surface area contributed by atoms with E-state index >= 15 is 0 Å². The summed E-state index contributed by atoms with van der Waals surface area (Å²) in [6.07, 6.45) is 2.67. The number of anilines is 2. The molecule has 0 saturated carbocycles. The minimum atomic E-state index is -0.914. The first-order valence-electron chi connectivity index (χ1n) is 27.0. The third-order valence-corrected chi connectivity index (χ3v) is 13.4. The van der Waals surface area contributed by atoms with Gasteiger partial charge in [-0.1, -0.05) is 35.6 Å². The largest absolute Gasteiger partial charge is 0.397 e. The molecule has 3 fully saturated rings. The molecule has 26 nitrogen and oxygen atoms in total. The number of hydrogen-bond acceptors (Lipinski definition) is 24. The monoisotopic (exact) mass is 1150 g/mol. The summed E-state index contributed by atoms with van der Waals surface area (Å²) < 4.78 is 67.0. The van der Waals surface area contributed by atoms with Gasteiger partial charge in [0.2, 0.25) is 0 Å². The highest BCUT2D eigenvalue weighted by Crippen LogP contribution is 2.37. The number of nitrogens with two attached hydrogens (primary N) is 2. The van der Waals surface area contributed by atoms with Gasteiger partial charge in [0.05, 0.1) is 193 Å². The number of imide groups is 2. The molecule has 5 amide bonds. The van der Waals surface area contributed by atoms with Crippen LogP contribution in [0.3, 0.4) is 0 Å². The smallest absolute Gasteiger partial charge is 0.335 e. The minimum Gasteiger partial charge on any atom is -0.397 e. The summed E-state index contributed by atoms with van der Waals surface area (Å²) in [5.74, 6) is 4.25. The summed E-state index contributed by atoms with van der Waals surface area (Å²) in [4.78, 5) is 73.9. The van der Waals surface area contributed by atoms with Gasteiger partial charge in [-0.3, -0.25) is 14.4 Å². The Bertz CT molecular complexity index is 2330. The number of carbonyl (C=O) groups is 5. The zero-order chi connectivity index (χ0) is 56.5. The fraction of sp³-hybridized carbons (Fsp3) is 0.623. The van der Waals surface area contributed by atoms with E-state index in [1.54, 1.807) is 29.7 Å². The van der Waals surface area contributed by atoms with Gasteiger partial charge in [-0.05, 0) is 37.1 Å². The highest BCUT2D eigenvalue weighted by molar-refractivity contribution is 7.22. The zero-order valence-electron chi connectivity index (χ0n) is 45.5. The van der Waals surface area contributed by atoms with Gasteiger partial charge in [-0.25, -0.2) is 25.3 Å². The van der Waals surface area contributed by atoms with Crippen LogP contribution in [0.4, 0.5) is 15.6 Å². The number of piperidine rings is 1. The lowest BCUT2D eigenvalue weighted by Gasteiger charge is -2.37. The Morgan fingerprint density at radius 2 is 1.05 bits per heavy atom. The molecule has 3 aliphatic rings. The molecule has 3 aliphatic heterocycles. The Balaban J connectivity index is 0.627. The number of para-hydroxylation sites is 1. The van der Waals surface area contributed by atoms with Crippen molar-refractivity contribution in [1.29, 1.82) is 0 Å². The van der Waals surface area contributed by atoms with Crippen molar-refractivity contribution in [3.05, 3.63) is 60.3 Å². The van der Waals surface area contributed by atoms with Gasteiger partial charge in [-0.2, -0.15) is 0 Å². The molecule has 1 aromatic heterocycles. The standard InChI is InChI=1S/C53H78N8O18S/c54-44(42-6-7-45-46(40-42)80-52(56-45)58-13-11-53(12-14-58)50(65)60(51(66)57-53)43-4-2-1-3-5-43)41-59(55)15-17-68-19-21-70-23-25-72-27-29-74-31-33-76-35-37-78-39-38-77-36-34-75-32-30-73-28-26-71-24-22-69-20-18-67-16-10-49(64)79-61-47(62)8-9-48(61)63/h1-7,40-41H,8-39,54-55H2,(H,57,66)/b44-41-. The van der Waals surface area contributed by atoms with E-state index in [1.165, 1.54) is 9.91 Å². The molecule has 0 bridgehead atoms. The molecule has 3 aromatic rings. The summed E-state index contributed by atoms with van der Waals surface area (Å²) in [7, 11) is 0. The maximum absolute atomic E-state index is 13.5. The Morgan fingerprint density at radius 3 is 1.51 bits per heavy atom. The van der Waals surface area contributed by atoms with Gasteiger partial charge < -0.3 is 82.6 Å². The number of nitrogens with one attached hydrogen (secondary N) is 1. The first-order valence-corrected chi connectivity index (χ1v) is 27.8. The first kappa shape index (κ1) is 63.7. The van der Waals surface area contributed by atoms with Crippen molar-refractivity contribution in [1.82, 2.24) is 20.4 Å². The van der Waals surface area contributed by atoms with Crippen LogP contribution in [0, 0.1) is 0 Å². The highest BCUT2D eigenvalue weighted by atomic mass is 32.1. The SMILES string of the molecule is N/C(=C\N(N)CCOCCOCCOCCOCCOCCOCCOCCOCCOCCOCCOCCOCCC(=O)ON1C(=O)CCC1=O)c1ccc2nc(N3CCC4(CC3)NC(=O)N(c3ccccc3)C4=O)sc2c1. The Kier molecular flexibility index (Phi) is 29.3. The van der Waals surface area contributed by atoms with Crippen molar-refractivity contribution in [2.24, 2.45) is 11.6 Å². The molecule has 6 rings (SSSR count). The van der Waals surface area contributed by atoms with Crippen LogP contribution >= 0.6 is 11.3 Å². The van der Waals surface area contributed by atoms with Crippen LogP contribution in [0.5, 0.6) is 0 Å². The topological polar surface area (TPSA) is 295 Å². The molecule has 0 radical (unpaired) electrons. The van der Waals surface area contributed by atoms with Crippen LogP contribution in [-0.2, 0) is 80.9 Å². The lowest BCUT2D eigenvalue weighted by atomic mass is 9.87. The first-order chi connectivity index (χ1) is 39.1. The van der Waals surface area contributed by atoms with Gasteiger partial charge in [0.15, 0.2) is 5.13 Å². The summed E-state index contributed by atoms with van der Waals surface area (Å²) >= 11 is 1.56. The van der Waals surface area contributed by atoms with Gasteiger partial charge in [0, 0.05) is 37.7 Å². The molecule has 3 saturated heterocycles. The molecular weight excluding hydrogens is 1070 g/mol. The van der Waals surface area contributed by atoms with E-state index in [1.807, 2.05) is 36.4 Å². The van der Waals surface area contributed by atoms with Crippen LogP contribution in [0.2, 0.25) is 0 Å². The number of benzene rings is 2. The highest BCUT2D eigenvalue weighted by Gasteiger charge is 2.53. The van der Waals surface area contributed by atoms with E-state index in [0.717, 1.165) is 20.9 Å². The number of carbonyl (C=O) groups excluding carboxylic acids is 5. The maximum atomic E-state index is 13.5. The summed E-state index contributed by atoms with van der Waals surface area (Å²) in [6.45, 7) is 11.4. The quantitative estimate of drug-likeness (QED) is 0.0240. The minimum absolute atomic E-state index is 0.0504. The summed E-state index contributed by atoms with van der Waals surface area (Å²) in [5, 5.41) is 5.84. The van der Waals surface area contributed by atoms with E-state index in [2.05, 4.69) is 10.2 Å². The predicted octanol–water partition coefficient (Wildman–Crippen LogP) is 2.02. The predicted molar refractivity (Wildman–Crippen MR) is 291 cm³/mol. The van der Waals surface area contributed by atoms with Crippen LogP contribution in [0.1, 0.15) is 37.7 Å². The van der Waals surface area contributed by atoms with E-state index in [0.29, 0.717) is 194 Å². The van der Waals surface area contributed by atoms with Gasteiger partial charge >= 0.3 is 12.0 Å². The van der Waals surface area contributed by atoms with E-state index in [9.17, 15) is 24.0 Å². The molecule has 27 heteroatoms. The molecule has 0 aliphatic carbocycles. The fourth-order valence-corrected chi connectivity index (χ4v) is 9.10. The van der Waals surface area contributed by atoms with Crippen LogP contribution in [0.15, 0.2) is 54.7 Å². The second-order valence-corrected chi connectivity index (χ2v) is 19.1. The number of rotatable bonds is 44. The van der Waals surface area contributed by atoms with E-state index < -0.39 is 23.3 Å². The van der Waals surface area contributed by atoms with E-state index in [4.69, 9.17) is 78.2 Å². The number of amides is 5. The molecule has 80 heavy (non-hydrogen) atoms. The second-order valence-electron chi connectivity index (χ2n) is 18.1. The number of ether oxygens (including phenoxy) is 12. The number of hydroxylamine groups is 2. The molecule has 5 N–H and O–H groups in total. The fourth-order valence-electron chi connectivity index (χ4n) is 8.05. The summed E-state index contributed by atoms with van der Waals surface area (Å²) in [6, 6.07) is 14.5. The van der Waals surface area contributed by atoms with Crippen LogP contribution in [0.25, 0.3) is 15.9 Å². The van der Waals surface area contributed by atoms with Gasteiger partial charge in [0.25, 0.3) is 17.7 Å². The van der Waals surface area contributed by atoms with Gasteiger partial charge in [-0.15, -0.1) is 5.06 Å². The Morgan fingerprint density at radius 1 is 0.613 bits per heavy atom. The van der Waals surface area contributed by atoms with Crippen molar-refractivity contribution in [2.45, 2.75) is 37.6 Å². The van der Waals surface area contributed by atoms with Crippen molar-refractivity contribution in [3.63, 3.8) is 0 Å². The molecule has 1 spiro atoms. The number of thiazole rings is 1. The van der Waals surface area contributed by atoms with Crippen molar-refractivity contribution in [3.8, 4) is 0 Å². The number of nitrogens with zero attached hydrogens (tertiary/aromatic N) is 5. The number of hydrazine groups is 1. The Labute approximate surface area is 469 Å². The average Bonchev–Trinajstić information content (AvgIpc) is 4.14. The molecule has 444 valence electrons. The third kappa shape index (κ3) is 22.4. The van der Waals surface area contributed by atoms with E-state index in [-0.39, 0.29) is 44.4 Å². The number of hydrogen-bond donors (Lipinski definition) is 3. The van der Waals surface area contributed by atoms with Crippen LogP contribution in [-0.4, -0.2) is 229 Å². The number of aromatic nitrogens is 1. The molecule has 0 atom stereocenters. The molecular formula is C53H78N8O18S. The zero-order valence-corrected chi connectivity index (χ0v) is 46.3. The lowest BCUT2D eigenvalue weighted by molar-refractivity contribution is -0.198. The van der Waals surface area contributed by atoms with Gasteiger partial charge in [0.1, 0.15) is 5.54 Å². The molecule has 4 heterocycles. The Hall–Kier alpha value is -5.50. The normalized spacial score (nSPS) is 15.6. The lowest BCUT2D eigenvalue weighted by Crippen LogP contribution is -2.55. The second kappa shape index (κ2) is 36.8. The van der Waals surface area contributed by atoms with Crippen molar-refractivity contribution >= 4 is 67.8 Å². The third-order valence-electron chi connectivity index (χ3n) is 12.3. The molecule has 2 aromatic carbocycles. The average molecular weight is 1150 g/mol. The number of urea groups is 1. The van der Waals surface area contributed by atoms with Crippen molar-refractivity contribution < 1.29 is 85.7 Å².